The summed E-state index contributed by atoms with van der Waals surface area (Å²) in [6.45, 7) is 5.07. The minimum Gasteiger partial charge on any atom is -0.344 e. The molecule has 4 rings (SSSR count). The molecule has 3 aromatic rings. The Bertz CT molecular complexity index is 1330. The van der Waals surface area contributed by atoms with Gasteiger partial charge in [-0.25, -0.2) is 8.78 Å². The third-order valence-corrected chi connectivity index (χ3v) is 8.99. The fourth-order valence-corrected chi connectivity index (χ4v) is 6.10. The van der Waals surface area contributed by atoms with Gasteiger partial charge in [0.05, 0.1) is 13.2 Å². The van der Waals surface area contributed by atoms with Crippen molar-refractivity contribution in [2.75, 3.05) is 13.2 Å². The van der Waals surface area contributed by atoms with Crippen molar-refractivity contribution in [3.05, 3.63) is 102 Å². The zero-order valence-electron chi connectivity index (χ0n) is 28.1. The summed E-state index contributed by atoms with van der Waals surface area (Å²) in [5.74, 6) is -2.56. The lowest BCUT2D eigenvalue weighted by molar-refractivity contribution is -0.234. The van der Waals surface area contributed by atoms with Gasteiger partial charge in [-0.2, -0.15) is 0 Å². The number of benzene rings is 3. The van der Waals surface area contributed by atoms with Crippen LogP contribution in [0.2, 0.25) is 0 Å². The molecule has 0 fully saturated rings. The van der Waals surface area contributed by atoms with Gasteiger partial charge in [0.1, 0.15) is 5.83 Å². The molecule has 0 radical (unpaired) electrons. The standard InChI is InChI=1S/C42H54F2O2/c1-3-5-7-9-10-11-12-13-14-19-33-46-42(45-32-18-8-6-4-2)31-30-39(40(43)41(42)44)38-28-26-37(27-29-38)36-24-22-35(23-25-36)34-20-16-15-17-21-34/h15-17,20-31,41H,3-14,18-19,32-33H2,1-2H3. The van der Waals surface area contributed by atoms with E-state index in [0.717, 1.165) is 61.6 Å². The molecule has 0 bridgehead atoms. The third kappa shape index (κ3) is 10.5. The summed E-state index contributed by atoms with van der Waals surface area (Å²) >= 11 is 0. The number of ether oxygens (including phenoxy) is 2. The number of hydrogen-bond donors (Lipinski definition) is 0. The molecule has 0 aliphatic heterocycles. The SMILES string of the molecule is CCCCCCCCCCCCOC1(OCCCCCC)C=CC(c2ccc(-c3ccc(-c4ccccc4)cc3)cc2)=C(F)C1F. The molecule has 2 atom stereocenters. The van der Waals surface area contributed by atoms with Gasteiger partial charge < -0.3 is 9.47 Å². The van der Waals surface area contributed by atoms with Gasteiger partial charge in [-0.15, -0.1) is 0 Å². The van der Waals surface area contributed by atoms with E-state index in [1.165, 1.54) is 50.5 Å². The van der Waals surface area contributed by atoms with Crippen LogP contribution in [0.25, 0.3) is 27.8 Å². The van der Waals surface area contributed by atoms with Gasteiger partial charge >= 0.3 is 0 Å². The average Bonchev–Trinajstić information content (AvgIpc) is 3.10. The number of rotatable bonds is 21. The fourth-order valence-electron chi connectivity index (χ4n) is 6.10. The maximum absolute atomic E-state index is 16.0. The quantitative estimate of drug-likeness (QED) is 0.0863. The van der Waals surface area contributed by atoms with E-state index < -0.39 is 17.8 Å². The Morgan fingerprint density at radius 2 is 0.913 bits per heavy atom. The van der Waals surface area contributed by atoms with E-state index in [1.807, 2.05) is 42.5 Å². The van der Waals surface area contributed by atoms with E-state index in [9.17, 15) is 0 Å². The first-order valence-corrected chi connectivity index (χ1v) is 17.8. The Morgan fingerprint density at radius 3 is 1.39 bits per heavy atom. The van der Waals surface area contributed by atoms with Gasteiger partial charge in [0.15, 0.2) is 0 Å². The minimum atomic E-state index is -2.02. The summed E-state index contributed by atoms with van der Waals surface area (Å²) in [6.07, 6.45) is 17.2. The molecule has 2 nitrogen and oxygen atoms in total. The molecule has 0 heterocycles. The third-order valence-electron chi connectivity index (χ3n) is 8.99. The lowest BCUT2D eigenvalue weighted by Gasteiger charge is -2.36. The predicted molar refractivity (Wildman–Crippen MR) is 190 cm³/mol. The first kappa shape index (κ1) is 35.8. The topological polar surface area (TPSA) is 18.5 Å². The number of unbranched alkanes of at least 4 members (excludes halogenated alkanes) is 12. The molecule has 4 heteroatoms. The number of halogens is 2. The second-order valence-corrected chi connectivity index (χ2v) is 12.6. The van der Waals surface area contributed by atoms with E-state index in [1.54, 1.807) is 12.2 Å². The molecule has 0 spiro atoms. The molecular weight excluding hydrogens is 574 g/mol. The van der Waals surface area contributed by atoms with E-state index in [-0.39, 0.29) is 5.57 Å². The first-order valence-electron chi connectivity index (χ1n) is 17.8. The van der Waals surface area contributed by atoms with Crippen molar-refractivity contribution in [2.24, 2.45) is 0 Å². The number of alkyl halides is 1. The monoisotopic (exact) mass is 628 g/mol. The van der Waals surface area contributed by atoms with Crippen LogP contribution < -0.4 is 0 Å². The van der Waals surface area contributed by atoms with E-state index in [0.29, 0.717) is 18.8 Å². The first-order chi connectivity index (χ1) is 22.6. The van der Waals surface area contributed by atoms with Crippen molar-refractivity contribution < 1.29 is 18.3 Å². The van der Waals surface area contributed by atoms with Crippen molar-refractivity contribution in [1.29, 1.82) is 0 Å². The minimum absolute atomic E-state index is 0.242. The van der Waals surface area contributed by atoms with Crippen molar-refractivity contribution in [3.63, 3.8) is 0 Å². The maximum Gasteiger partial charge on any atom is 0.227 e. The zero-order chi connectivity index (χ0) is 32.5. The van der Waals surface area contributed by atoms with Crippen LogP contribution >= 0.6 is 0 Å². The summed E-state index contributed by atoms with van der Waals surface area (Å²) in [5.41, 5.74) is 5.29. The Labute approximate surface area is 276 Å². The summed E-state index contributed by atoms with van der Waals surface area (Å²) in [7, 11) is 0. The lowest BCUT2D eigenvalue weighted by Crippen LogP contribution is -2.46. The highest BCUT2D eigenvalue weighted by Crippen LogP contribution is 2.39. The van der Waals surface area contributed by atoms with Crippen LogP contribution in [0.15, 0.2) is 96.8 Å². The van der Waals surface area contributed by atoms with Crippen LogP contribution in [-0.2, 0) is 9.47 Å². The number of hydrogen-bond acceptors (Lipinski definition) is 2. The summed E-state index contributed by atoms with van der Waals surface area (Å²) in [6, 6.07) is 26.3. The molecule has 2 unspecified atom stereocenters. The number of allylic oxidation sites excluding steroid dienone is 2. The fraction of sp³-hybridized carbons (Fsp3) is 0.476. The normalized spacial score (nSPS) is 18.0. The molecule has 0 aromatic heterocycles. The Kier molecular flexibility index (Phi) is 15.2. The van der Waals surface area contributed by atoms with Crippen molar-refractivity contribution in [1.82, 2.24) is 0 Å². The van der Waals surface area contributed by atoms with Crippen LogP contribution in [0, 0.1) is 0 Å². The highest BCUT2D eigenvalue weighted by atomic mass is 19.2. The Morgan fingerprint density at radius 1 is 0.522 bits per heavy atom. The molecule has 0 saturated carbocycles. The van der Waals surface area contributed by atoms with Crippen molar-refractivity contribution in [2.45, 2.75) is 116 Å². The molecule has 0 saturated heterocycles. The van der Waals surface area contributed by atoms with Gasteiger partial charge in [-0.05, 0) is 46.7 Å². The van der Waals surface area contributed by atoms with Crippen molar-refractivity contribution >= 4 is 5.57 Å². The second kappa shape index (κ2) is 19.6. The predicted octanol–water partition coefficient (Wildman–Crippen LogP) is 12.8. The molecule has 248 valence electrons. The van der Waals surface area contributed by atoms with Crippen LogP contribution in [0.3, 0.4) is 0 Å². The van der Waals surface area contributed by atoms with Crippen LogP contribution in [0.5, 0.6) is 0 Å². The van der Waals surface area contributed by atoms with Gasteiger partial charge in [0, 0.05) is 5.57 Å². The highest BCUT2D eigenvalue weighted by molar-refractivity contribution is 5.79. The summed E-state index contributed by atoms with van der Waals surface area (Å²) in [4.78, 5) is 0. The van der Waals surface area contributed by atoms with Gasteiger partial charge in [0.2, 0.25) is 12.0 Å². The van der Waals surface area contributed by atoms with Crippen LogP contribution in [0.1, 0.15) is 109 Å². The molecule has 1 aliphatic rings. The molecule has 0 N–H and O–H groups in total. The van der Waals surface area contributed by atoms with Gasteiger partial charge in [-0.1, -0.05) is 176 Å². The smallest absolute Gasteiger partial charge is 0.227 e. The molecule has 3 aromatic carbocycles. The zero-order valence-corrected chi connectivity index (χ0v) is 28.1. The average molecular weight is 629 g/mol. The Balaban J connectivity index is 1.35. The molecule has 0 amide bonds. The molecular formula is C42H54F2O2. The van der Waals surface area contributed by atoms with Crippen molar-refractivity contribution in [3.8, 4) is 22.3 Å². The van der Waals surface area contributed by atoms with E-state index >= 15 is 8.78 Å². The second-order valence-electron chi connectivity index (χ2n) is 12.6. The van der Waals surface area contributed by atoms with E-state index in [4.69, 9.17) is 9.47 Å². The highest BCUT2D eigenvalue weighted by Gasteiger charge is 2.46. The molecule has 1 aliphatic carbocycles. The van der Waals surface area contributed by atoms with Crippen LogP contribution in [0.4, 0.5) is 8.78 Å². The maximum atomic E-state index is 16.0. The van der Waals surface area contributed by atoms with Gasteiger partial charge in [-0.3, -0.25) is 0 Å². The molecule has 46 heavy (non-hydrogen) atoms. The lowest BCUT2D eigenvalue weighted by atomic mass is 9.92. The summed E-state index contributed by atoms with van der Waals surface area (Å²) in [5, 5.41) is 0. The summed E-state index contributed by atoms with van der Waals surface area (Å²) < 4.78 is 43.9. The van der Waals surface area contributed by atoms with Crippen LogP contribution in [-0.4, -0.2) is 25.2 Å². The van der Waals surface area contributed by atoms with Gasteiger partial charge in [0.25, 0.3) is 0 Å². The Hall–Kier alpha value is -3.08. The van der Waals surface area contributed by atoms with E-state index in [2.05, 4.69) is 50.2 Å². The largest absolute Gasteiger partial charge is 0.344 e.